The van der Waals surface area contributed by atoms with Gasteiger partial charge in [-0.2, -0.15) is 21.6 Å². The number of anilines is 2. The van der Waals surface area contributed by atoms with Gasteiger partial charge in [0, 0.05) is 28.9 Å². The van der Waals surface area contributed by atoms with E-state index in [4.69, 9.17) is 23.2 Å². The molecule has 0 saturated carbocycles. The Hall–Kier alpha value is -1.71. The topological polar surface area (TPSA) is 59.5 Å². The maximum Gasteiger partial charge on any atom is 0.534 e. The van der Waals surface area contributed by atoms with E-state index in [9.17, 15) is 21.6 Å². The Morgan fingerprint density at radius 1 is 1.23 bits per heavy atom. The molecule has 0 bridgehead atoms. The molecule has 1 aromatic carbocycles. The van der Waals surface area contributed by atoms with Crippen LogP contribution in [0.3, 0.4) is 0 Å². The first kappa shape index (κ1) is 19.1. The van der Waals surface area contributed by atoms with E-state index in [1.54, 1.807) is 17.0 Å². The van der Waals surface area contributed by atoms with Crippen molar-refractivity contribution in [3.63, 3.8) is 0 Å². The van der Waals surface area contributed by atoms with Crippen LogP contribution in [0, 0.1) is 6.92 Å². The molecule has 2 aromatic rings. The summed E-state index contributed by atoms with van der Waals surface area (Å²) < 4.78 is 65.0. The summed E-state index contributed by atoms with van der Waals surface area (Å²) in [7, 11) is -5.77. The van der Waals surface area contributed by atoms with Crippen LogP contribution in [-0.2, 0) is 16.5 Å². The van der Waals surface area contributed by atoms with Crippen LogP contribution in [0.2, 0.25) is 10.0 Å². The van der Waals surface area contributed by atoms with E-state index < -0.39 is 21.4 Å². The van der Waals surface area contributed by atoms with Gasteiger partial charge in [0.1, 0.15) is 5.82 Å². The predicted molar refractivity (Wildman–Crippen MR) is 91.7 cm³/mol. The van der Waals surface area contributed by atoms with Gasteiger partial charge in [0.25, 0.3) is 0 Å². The summed E-state index contributed by atoms with van der Waals surface area (Å²) in [5.41, 5.74) is -4.41. The molecule has 0 unspecified atom stereocenters. The number of pyridine rings is 1. The molecule has 3 rings (SSSR count). The van der Waals surface area contributed by atoms with Crippen LogP contribution >= 0.6 is 23.2 Å². The molecule has 0 radical (unpaired) electrons. The zero-order valence-corrected chi connectivity index (χ0v) is 15.5. The highest BCUT2D eigenvalue weighted by molar-refractivity contribution is 7.88. The first-order valence-electron chi connectivity index (χ1n) is 7.23. The number of alkyl halides is 3. The van der Waals surface area contributed by atoms with Gasteiger partial charge in [-0.05, 0) is 31.5 Å². The van der Waals surface area contributed by atoms with E-state index in [1.165, 1.54) is 13.0 Å². The van der Waals surface area contributed by atoms with Gasteiger partial charge in [-0.3, -0.25) is 0 Å². The lowest BCUT2D eigenvalue weighted by Gasteiger charge is -2.21. The SMILES string of the molecule is Cc1cc(OS(=O)(=O)C(F)(F)F)c2c(n1)N(c1ccc(Cl)cc1Cl)CC2. The number of fused-ring (bicyclic) bond motifs is 1. The molecule has 26 heavy (non-hydrogen) atoms. The normalized spacial score (nSPS) is 14.5. The summed E-state index contributed by atoms with van der Waals surface area (Å²) >= 11 is 12.1. The lowest BCUT2D eigenvalue weighted by molar-refractivity contribution is -0.0500. The Bertz CT molecular complexity index is 981. The van der Waals surface area contributed by atoms with E-state index in [-0.39, 0.29) is 12.0 Å². The Balaban J connectivity index is 2.06. The Morgan fingerprint density at radius 3 is 2.54 bits per heavy atom. The Kier molecular flexibility index (Phi) is 4.74. The molecule has 11 heteroatoms. The van der Waals surface area contributed by atoms with E-state index in [0.29, 0.717) is 33.8 Å². The van der Waals surface area contributed by atoms with Crippen molar-refractivity contribution in [3.05, 3.63) is 45.6 Å². The third-order valence-corrected chi connectivity index (χ3v) is 5.22. The van der Waals surface area contributed by atoms with E-state index in [0.717, 1.165) is 6.07 Å². The van der Waals surface area contributed by atoms with Crippen molar-refractivity contribution in [2.45, 2.75) is 18.9 Å². The smallest absolute Gasteiger partial charge is 0.376 e. The summed E-state index contributed by atoms with van der Waals surface area (Å²) in [5.74, 6) is -0.0981. The Morgan fingerprint density at radius 2 is 1.92 bits per heavy atom. The van der Waals surface area contributed by atoms with Crippen molar-refractivity contribution in [1.82, 2.24) is 4.98 Å². The monoisotopic (exact) mass is 426 g/mol. The van der Waals surface area contributed by atoms with Crippen molar-refractivity contribution >= 4 is 44.8 Å². The van der Waals surface area contributed by atoms with Crippen molar-refractivity contribution < 1.29 is 25.8 Å². The first-order valence-corrected chi connectivity index (χ1v) is 9.40. The fourth-order valence-corrected chi connectivity index (χ4v) is 3.61. The van der Waals surface area contributed by atoms with Crippen LogP contribution in [0.5, 0.6) is 5.75 Å². The number of hydrogen-bond acceptors (Lipinski definition) is 5. The largest absolute Gasteiger partial charge is 0.534 e. The molecule has 0 atom stereocenters. The standard InChI is InChI=1S/C15H11Cl2F3N2O3S/c1-8-6-13(25-26(23,24)15(18,19)20)10-4-5-22(14(10)21-8)12-3-2-9(16)7-11(12)17/h2-3,6-7H,4-5H2,1H3. The second-order valence-electron chi connectivity index (χ2n) is 5.54. The minimum atomic E-state index is -5.77. The molecule has 1 aliphatic rings. The summed E-state index contributed by atoms with van der Waals surface area (Å²) in [6, 6.07) is 5.95. The van der Waals surface area contributed by atoms with Crippen molar-refractivity contribution in [3.8, 4) is 5.75 Å². The highest BCUT2D eigenvalue weighted by Crippen LogP contribution is 2.42. The third-order valence-electron chi connectivity index (χ3n) is 3.71. The zero-order valence-electron chi connectivity index (χ0n) is 13.1. The fraction of sp³-hybridized carbons (Fsp3) is 0.267. The highest BCUT2D eigenvalue weighted by atomic mass is 35.5. The summed E-state index contributed by atoms with van der Waals surface area (Å²) in [6.07, 6.45) is 0.240. The second-order valence-corrected chi connectivity index (χ2v) is 7.93. The number of nitrogens with zero attached hydrogens (tertiary/aromatic N) is 2. The van der Waals surface area contributed by atoms with Crippen LogP contribution in [0.25, 0.3) is 0 Å². The van der Waals surface area contributed by atoms with Gasteiger partial charge in [0.2, 0.25) is 0 Å². The van der Waals surface area contributed by atoms with E-state index in [2.05, 4.69) is 9.17 Å². The molecule has 0 amide bonds. The third kappa shape index (κ3) is 3.43. The molecule has 5 nitrogen and oxygen atoms in total. The second kappa shape index (κ2) is 6.47. The minimum Gasteiger partial charge on any atom is -0.376 e. The molecular formula is C15H11Cl2F3N2O3S. The van der Waals surface area contributed by atoms with E-state index >= 15 is 0 Å². The summed E-state index contributed by atoms with van der Waals surface area (Å²) in [6.45, 7) is 1.86. The van der Waals surface area contributed by atoms with Gasteiger partial charge in [-0.1, -0.05) is 23.2 Å². The molecule has 2 heterocycles. The molecule has 0 fully saturated rings. The van der Waals surface area contributed by atoms with Gasteiger partial charge in [0.15, 0.2) is 5.75 Å². The number of benzene rings is 1. The van der Waals surface area contributed by atoms with Crippen molar-refractivity contribution in [2.75, 3.05) is 11.4 Å². The molecule has 0 spiro atoms. The molecule has 1 aliphatic heterocycles. The first-order chi connectivity index (χ1) is 12.0. The van der Waals surface area contributed by atoms with Crippen LogP contribution in [-0.4, -0.2) is 25.5 Å². The van der Waals surface area contributed by atoms with Gasteiger partial charge in [-0.25, -0.2) is 4.98 Å². The number of rotatable bonds is 3. The lowest BCUT2D eigenvalue weighted by Crippen LogP contribution is -2.28. The molecular weight excluding hydrogens is 416 g/mol. The summed E-state index contributed by atoms with van der Waals surface area (Å²) in [5, 5.41) is 0.759. The average Bonchev–Trinajstić information content (AvgIpc) is 2.89. The maximum absolute atomic E-state index is 12.6. The van der Waals surface area contributed by atoms with Crippen LogP contribution in [0.4, 0.5) is 24.7 Å². The van der Waals surface area contributed by atoms with Crippen molar-refractivity contribution in [1.29, 1.82) is 0 Å². The molecule has 140 valence electrons. The van der Waals surface area contributed by atoms with Crippen LogP contribution in [0.1, 0.15) is 11.3 Å². The maximum atomic E-state index is 12.6. The number of halogens is 5. The zero-order chi connectivity index (χ0) is 19.3. The predicted octanol–water partition coefficient (Wildman–Crippen LogP) is 4.62. The highest BCUT2D eigenvalue weighted by Gasteiger charge is 2.49. The fourth-order valence-electron chi connectivity index (χ4n) is 2.62. The van der Waals surface area contributed by atoms with Gasteiger partial charge in [0.05, 0.1) is 10.7 Å². The number of hydrogen-bond donors (Lipinski definition) is 0. The van der Waals surface area contributed by atoms with Gasteiger partial charge < -0.3 is 9.08 Å². The molecule has 0 aliphatic carbocycles. The minimum absolute atomic E-state index is 0.240. The quantitative estimate of drug-likeness (QED) is 0.529. The molecule has 1 aromatic heterocycles. The molecule has 0 N–H and O–H groups in total. The van der Waals surface area contributed by atoms with Crippen molar-refractivity contribution in [2.24, 2.45) is 0 Å². The lowest BCUT2D eigenvalue weighted by atomic mass is 10.2. The number of aromatic nitrogens is 1. The average molecular weight is 427 g/mol. The molecule has 0 saturated heterocycles. The van der Waals surface area contributed by atoms with Crippen LogP contribution in [0.15, 0.2) is 24.3 Å². The number of aryl methyl sites for hydroxylation is 1. The summed E-state index contributed by atoms with van der Waals surface area (Å²) in [4.78, 5) is 5.98. The van der Waals surface area contributed by atoms with Gasteiger partial charge >= 0.3 is 15.6 Å². The Labute approximate surface area is 157 Å². The van der Waals surface area contributed by atoms with Crippen LogP contribution < -0.4 is 9.08 Å². The van der Waals surface area contributed by atoms with E-state index in [1.807, 2.05) is 0 Å². The van der Waals surface area contributed by atoms with Gasteiger partial charge in [-0.15, -0.1) is 0 Å².